The van der Waals surface area contributed by atoms with Crippen molar-refractivity contribution < 1.29 is 4.74 Å². The Labute approximate surface area is 113 Å². The number of methoxy groups -OCH3 is 1. The molecule has 2 rings (SSSR count). The predicted molar refractivity (Wildman–Crippen MR) is 76.0 cm³/mol. The minimum absolute atomic E-state index is 0.517. The second-order valence-corrected chi connectivity index (χ2v) is 4.33. The average Bonchev–Trinajstić information content (AvgIpc) is 2.45. The van der Waals surface area contributed by atoms with Gasteiger partial charge in [-0.25, -0.2) is 0 Å². The lowest BCUT2D eigenvalue weighted by molar-refractivity contribution is 0.186. The normalized spacial score (nSPS) is 10.4. The van der Waals surface area contributed by atoms with E-state index in [2.05, 4.69) is 23.3 Å². The van der Waals surface area contributed by atoms with E-state index < -0.39 is 0 Å². The molecule has 98 valence electrons. The third-order valence-corrected chi connectivity index (χ3v) is 2.95. The summed E-state index contributed by atoms with van der Waals surface area (Å²) >= 11 is 0. The monoisotopic (exact) mass is 255 g/mol. The van der Waals surface area contributed by atoms with Crippen molar-refractivity contribution in [1.29, 1.82) is 5.26 Å². The Hall–Kier alpha value is -2.12. The number of aromatic nitrogens is 1. The predicted octanol–water partition coefficient (Wildman–Crippen LogP) is 3.07. The SMILES string of the molecule is CCCNc1c(C#N)cnc2c(COC)cccc12. The van der Waals surface area contributed by atoms with Gasteiger partial charge in [0.05, 0.1) is 23.4 Å². The summed E-state index contributed by atoms with van der Waals surface area (Å²) in [5.41, 5.74) is 3.37. The first-order valence-electron chi connectivity index (χ1n) is 6.35. The molecule has 19 heavy (non-hydrogen) atoms. The van der Waals surface area contributed by atoms with Gasteiger partial charge in [-0.05, 0) is 6.42 Å². The molecule has 1 aromatic carbocycles. The second-order valence-electron chi connectivity index (χ2n) is 4.33. The Morgan fingerprint density at radius 1 is 1.42 bits per heavy atom. The standard InChI is InChI=1S/C15H17N3O/c1-3-7-17-15-12(8-16)9-18-14-11(10-19-2)5-4-6-13(14)15/h4-6,9H,3,7,10H2,1-2H3,(H,17,18). The van der Waals surface area contributed by atoms with E-state index in [4.69, 9.17) is 4.74 Å². The number of para-hydroxylation sites is 1. The molecule has 0 atom stereocenters. The first-order valence-corrected chi connectivity index (χ1v) is 6.35. The van der Waals surface area contributed by atoms with Crippen LogP contribution in [-0.2, 0) is 11.3 Å². The Balaban J connectivity index is 2.61. The molecule has 0 bridgehead atoms. The van der Waals surface area contributed by atoms with Crippen LogP contribution in [0.25, 0.3) is 10.9 Å². The number of nitrogens with zero attached hydrogens (tertiary/aromatic N) is 2. The third-order valence-electron chi connectivity index (χ3n) is 2.95. The molecule has 0 aliphatic heterocycles. The zero-order valence-electron chi connectivity index (χ0n) is 11.2. The van der Waals surface area contributed by atoms with Crippen molar-refractivity contribution in [2.24, 2.45) is 0 Å². The summed E-state index contributed by atoms with van der Waals surface area (Å²) in [6.07, 6.45) is 2.63. The average molecular weight is 255 g/mol. The molecule has 0 fully saturated rings. The van der Waals surface area contributed by atoms with Crippen LogP contribution in [0.4, 0.5) is 5.69 Å². The van der Waals surface area contributed by atoms with Crippen molar-refractivity contribution >= 4 is 16.6 Å². The van der Waals surface area contributed by atoms with E-state index in [1.54, 1.807) is 13.3 Å². The highest BCUT2D eigenvalue weighted by Gasteiger charge is 2.10. The minimum Gasteiger partial charge on any atom is -0.383 e. The molecule has 0 aliphatic carbocycles. The van der Waals surface area contributed by atoms with Crippen LogP contribution in [0.3, 0.4) is 0 Å². The highest BCUT2D eigenvalue weighted by Crippen LogP contribution is 2.27. The molecule has 2 aromatic rings. The number of benzene rings is 1. The van der Waals surface area contributed by atoms with Gasteiger partial charge in [-0.2, -0.15) is 5.26 Å². The van der Waals surface area contributed by atoms with Gasteiger partial charge in [0.15, 0.2) is 0 Å². The topological polar surface area (TPSA) is 57.9 Å². The summed E-state index contributed by atoms with van der Waals surface area (Å²) in [5.74, 6) is 0. The van der Waals surface area contributed by atoms with Crippen LogP contribution < -0.4 is 5.32 Å². The van der Waals surface area contributed by atoms with Crippen LogP contribution in [0.15, 0.2) is 24.4 Å². The molecule has 0 unspecified atom stereocenters. The van der Waals surface area contributed by atoms with E-state index in [1.165, 1.54) is 0 Å². The number of fused-ring (bicyclic) bond motifs is 1. The van der Waals surface area contributed by atoms with Crippen molar-refractivity contribution in [3.63, 3.8) is 0 Å². The van der Waals surface area contributed by atoms with E-state index in [0.29, 0.717) is 12.2 Å². The molecule has 0 saturated heterocycles. The maximum absolute atomic E-state index is 9.20. The molecule has 4 nitrogen and oxygen atoms in total. The van der Waals surface area contributed by atoms with E-state index >= 15 is 0 Å². The molecule has 1 N–H and O–H groups in total. The number of anilines is 1. The van der Waals surface area contributed by atoms with Crippen LogP contribution in [-0.4, -0.2) is 18.6 Å². The van der Waals surface area contributed by atoms with E-state index in [0.717, 1.165) is 35.1 Å². The second kappa shape index (κ2) is 6.17. The fourth-order valence-electron chi connectivity index (χ4n) is 2.08. The number of ether oxygens (including phenoxy) is 1. The van der Waals surface area contributed by atoms with Crippen LogP contribution in [0, 0.1) is 11.3 Å². The number of hydrogen-bond acceptors (Lipinski definition) is 4. The summed E-state index contributed by atoms with van der Waals surface area (Å²) in [6.45, 7) is 3.45. The van der Waals surface area contributed by atoms with Crippen molar-refractivity contribution in [2.75, 3.05) is 19.0 Å². The summed E-state index contributed by atoms with van der Waals surface area (Å²) in [6, 6.07) is 8.14. The number of nitrogens with one attached hydrogen (secondary N) is 1. The number of nitriles is 1. The molecular weight excluding hydrogens is 238 g/mol. The Morgan fingerprint density at radius 2 is 2.26 bits per heavy atom. The van der Waals surface area contributed by atoms with Gasteiger partial charge < -0.3 is 10.1 Å². The Morgan fingerprint density at radius 3 is 2.95 bits per heavy atom. The molecule has 4 heteroatoms. The van der Waals surface area contributed by atoms with Crippen LogP contribution in [0.2, 0.25) is 0 Å². The van der Waals surface area contributed by atoms with E-state index in [9.17, 15) is 5.26 Å². The van der Waals surface area contributed by atoms with Crippen molar-refractivity contribution in [1.82, 2.24) is 4.98 Å². The summed E-state index contributed by atoms with van der Waals surface area (Å²) in [4.78, 5) is 4.40. The maximum atomic E-state index is 9.20. The highest BCUT2D eigenvalue weighted by atomic mass is 16.5. The largest absolute Gasteiger partial charge is 0.383 e. The highest BCUT2D eigenvalue weighted by molar-refractivity contribution is 5.95. The molecule has 0 aliphatic rings. The molecule has 0 amide bonds. The van der Waals surface area contributed by atoms with Crippen LogP contribution in [0.1, 0.15) is 24.5 Å². The van der Waals surface area contributed by atoms with Crippen LogP contribution >= 0.6 is 0 Å². The fourth-order valence-corrected chi connectivity index (χ4v) is 2.08. The summed E-state index contributed by atoms with van der Waals surface area (Å²) in [5, 5.41) is 13.5. The van der Waals surface area contributed by atoms with Gasteiger partial charge in [-0.15, -0.1) is 0 Å². The summed E-state index contributed by atoms with van der Waals surface area (Å²) < 4.78 is 5.19. The van der Waals surface area contributed by atoms with Crippen LogP contribution in [0.5, 0.6) is 0 Å². The van der Waals surface area contributed by atoms with Gasteiger partial charge in [0.2, 0.25) is 0 Å². The molecule has 1 aromatic heterocycles. The fraction of sp³-hybridized carbons (Fsp3) is 0.333. The molecule has 1 heterocycles. The Bertz CT molecular complexity index is 617. The van der Waals surface area contributed by atoms with Crippen molar-refractivity contribution in [3.8, 4) is 6.07 Å². The lowest BCUT2D eigenvalue weighted by atomic mass is 10.1. The molecule has 0 spiro atoms. The van der Waals surface area contributed by atoms with Gasteiger partial charge in [0.25, 0.3) is 0 Å². The zero-order chi connectivity index (χ0) is 13.7. The Kier molecular flexibility index (Phi) is 4.32. The van der Waals surface area contributed by atoms with E-state index in [1.807, 2.05) is 18.2 Å². The smallest absolute Gasteiger partial charge is 0.103 e. The first kappa shape index (κ1) is 13.3. The van der Waals surface area contributed by atoms with Gasteiger partial charge >= 0.3 is 0 Å². The first-order chi connectivity index (χ1) is 9.31. The van der Waals surface area contributed by atoms with Crippen molar-refractivity contribution in [2.45, 2.75) is 20.0 Å². The van der Waals surface area contributed by atoms with E-state index in [-0.39, 0.29) is 0 Å². The van der Waals surface area contributed by atoms with Gasteiger partial charge in [-0.1, -0.05) is 25.1 Å². The molecule has 0 radical (unpaired) electrons. The maximum Gasteiger partial charge on any atom is 0.103 e. The van der Waals surface area contributed by atoms with Gasteiger partial charge in [0, 0.05) is 30.8 Å². The zero-order valence-corrected chi connectivity index (χ0v) is 11.2. The third kappa shape index (κ3) is 2.67. The number of pyridine rings is 1. The number of hydrogen-bond donors (Lipinski definition) is 1. The summed E-state index contributed by atoms with van der Waals surface area (Å²) in [7, 11) is 1.67. The van der Waals surface area contributed by atoms with Gasteiger partial charge in [-0.3, -0.25) is 4.98 Å². The quantitative estimate of drug-likeness (QED) is 0.892. The minimum atomic E-state index is 0.517. The molecular formula is C15H17N3O. The lowest BCUT2D eigenvalue weighted by Gasteiger charge is -2.12. The molecule has 0 saturated carbocycles. The number of rotatable bonds is 5. The lowest BCUT2D eigenvalue weighted by Crippen LogP contribution is -2.04. The van der Waals surface area contributed by atoms with Crippen molar-refractivity contribution in [3.05, 3.63) is 35.5 Å². The van der Waals surface area contributed by atoms with Gasteiger partial charge in [0.1, 0.15) is 6.07 Å².